The van der Waals surface area contributed by atoms with Gasteiger partial charge < -0.3 is 9.52 Å². The minimum atomic E-state index is 0.238. The number of rotatable bonds is 5. The fourth-order valence-corrected chi connectivity index (χ4v) is 1.82. The van der Waals surface area contributed by atoms with Crippen LogP contribution >= 0.6 is 11.8 Å². The van der Waals surface area contributed by atoms with Crippen molar-refractivity contribution in [2.45, 2.75) is 6.42 Å². The number of hydrogen-bond donors (Lipinski definition) is 1. The van der Waals surface area contributed by atoms with E-state index in [1.165, 1.54) is 0 Å². The van der Waals surface area contributed by atoms with Gasteiger partial charge in [0.25, 0.3) is 0 Å². The normalized spacial score (nSPS) is 13.2. The molecule has 0 aliphatic heterocycles. The first-order chi connectivity index (χ1) is 5.86. The molecule has 1 atom stereocenters. The Labute approximate surface area is 77.0 Å². The van der Waals surface area contributed by atoms with Gasteiger partial charge in [0.05, 0.1) is 6.26 Å². The van der Waals surface area contributed by atoms with Crippen LogP contribution in [0, 0.1) is 5.92 Å². The molecule has 68 valence electrons. The van der Waals surface area contributed by atoms with Crippen LogP contribution in [0.15, 0.2) is 22.8 Å². The maximum atomic E-state index is 9.00. The van der Waals surface area contributed by atoms with Crippen molar-refractivity contribution in [3.63, 3.8) is 0 Å². The first-order valence-corrected chi connectivity index (χ1v) is 5.38. The maximum absolute atomic E-state index is 9.00. The monoisotopic (exact) mass is 186 g/mol. The first-order valence-electron chi connectivity index (χ1n) is 3.99. The van der Waals surface area contributed by atoms with E-state index in [0.29, 0.717) is 5.92 Å². The zero-order chi connectivity index (χ0) is 8.81. The average molecular weight is 186 g/mol. The standard InChI is InChI=1S/C9H14O2S/c1-12-7-8(6-10)5-9-3-2-4-11-9/h2-4,8,10H,5-7H2,1H3. The topological polar surface area (TPSA) is 33.4 Å². The van der Waals surface area contributed by atoms with Crippen LogP contribution in [-0.2, 0) is 6.42 Å². The molecule has 0 fully saturated rings. The Bertz CT molecular complexity index is 196. The molecule has 0 radical (unpaired) electrons. The highest BCUT2D eigenvalue weighted by molar-refractivity contribution is 7.98. The Balaban J connectivity index is 2.37. The summed E-state index contributed by atoms with van der Waals surface area (Å²) >= 11 is 1.75. The number of furan rings is 1. The van der Waals surface area contributed by atoms with Crippen molar-refractivity contribution in [1.82, 2.24) is 0 Å². The van der Waals surface area contributed by atoms with E-state index in [4.69, 9.17) is 9.52 Å². The van der Waals surface area contributed by atoms with Crippen molar-refractivity contribution in [3.8, 4) is 0 Å². The number of aliphatic hydroxyl groups excluding tert-OH is 1. The summed E-state index contributed by atoms with van der Waals surface area (Å²) in [5.41, 5.74) is 0. The Morgan fingerprint density at radius 3 is 3.00 bits per heavy atom. The Morgan fingerprint density at radius 2 is 2.50 bits per heavy atom. The highest BCUT2D eigenvalue weighted by Crippen LogP contribution is 2.12. The molecule has 0 spiro atoms. The maximum Gasteiger partial charge on any atom is 0.104 e. The summed E-state index contributed by atoms with van der Waals surface area (Å²) in [6.07, 6.45) is 4.55. The number of thioether (sulfide) groups is 1. The van der Waals surface area contributed by atoms with Crippen LogP contribution in [0.1, 0.15) is 5.76 Å². The summed E-state index contributed by atoms with van der Waals surface area (Å²) in [4.78, 5) is 0. The lowest BCUT2D eigenvalue weighted by molar-refractivity contribution is 0.234. The molecule has 2 nitrogen and oxygen atoms in total. The quantitative estimate of drug-likeness (QED) is 0.761. The lowest BCUT2D eigenvalue weighted by atomic mass is 10.1. The molecule has 1 unspecified atom stereocenters. The van der Waals surface area contributed by atoms with Gasteiger partial charge in [-0.1, -0.05) is 0 Å². The van der Waals surface area contributed by atoms with Crippen molar-refractivity contribution in [3.05, 3.63) is 24.2 Å². The van der Waals surface area contributed by atoms with E-state index in [1.54, 1.807) is 18.0 Å². The summed E-state index contributed by atoms with van der Waals surface area (Å²) in [5.74, 6) is 2.27. The van der Waals surface area contributed by atoms with E-state index < -0.39 is 0 Å². The number of hydrogen-bond acceptors (Lipinski definition) is 3. The predicted octanol–water partition coefficient (Wildman–Crippen LogP) is 1.79. The van der Waals surface area contributed by atoms with Crippen LogP contribution in [0.2, 0.25) is 0 Å². The zero-order valence-corrected chi connectivity index (χ0v) is 8.01. The van der Waals surface area contributed by atoms with Crippen LogP contribution in [-0.4, -0.2) is 23.7 Å². The van der Waals surface area contributed by atoms with Gasteiger partial charge in [0, 0.05) is 13.0 Å². The van der Waals surface area contributed by atoms with Crippen LogP contribution in [0.4, 0.5) is 0 Å². The van der Waals surface area contributed by atoms with Crippen LogP contribution in [0.3, 0.4) is 0 Å². The molecular formula is C9H14O2S. The van der Waals surface area contributed by atoms with Gasteiger partial charge in [0.15, 0.2) is 0 Å². The Kier molecular flexibility index (Phi) is 4.25. The van der Waals surface area contributed by atoms with Crippen molar-refractivity contribution < 1.29 is 9.52 Å². The molecule has 1 aromatic rings. The minimum Gasteiger partial charge on any atom is -0.469 e. The molecule has 1 heterocycles. The average Bonchev–Trinajstić information content (AvgIpc) is 2.56. The largest absolute Gasteiger partial charge is 0.469 e. The lowest BCUT2D eigenvalue weighted by Crippen LogP contribution is -2.11. The van der Waals surface area contributed by atoms with Gasteiger partial charge in [-0.3, -0.25) is 0 Å². The van der Waals surface area contributed by atoms with Crippen LogP contribution in [0.25, 0.3) is 0 Å². The molecule has 0 bridgehead atoms. The summed E-state index contributed by atoms with van der Waals surface area (Å²) in [6, 6.07) is 3.83. The van der Waals surface area contributed by atoms with Gasteiger partial charge in [-0.25, -0.2) is 0 Å². The zero-order valence-electron chi connectivity index (χ0n) is 7.19. The van der Waals surface area contributed by atoms with Gasteiger partial charge in [0.2, 0.25) is 0 Å². The molecule has 0 aliphatic rings. The van der Waals surface area contributed by atoms with Gasteiger partial charge in [-0.2, -0.15) is 11.8 Å². The summed E-state index contributed by atoms with van der Waals surface area (Å²) in [7, 11) is 0. The fraction of sp³-hybridized carbons (Fsp3) is 0.556. The van der Waals surface area contributed by atoms with Crippen LogP contribution < -0.4 is 0 Å². The molecule has 1 aromatic heterocycles. The molecule has 0 aromatic carbocycles. The van der Waals surface area contributed by atoms with Gasteiger partial charge in [-0.15, -0.1) is 0 Å². The predicted molar refractivity (Wildman–Crippen MR) is 51.4 cm³/mol. The van der Waals surface area contributed by atoms with E-state index in [0.717, 1.165) is 17.9 Å². The molecule has 0 saturated carbocycles. The SMILES string of the molecule is CSCC(CO)Cc1ccco1. The minimum absolute atomic E-state index is 0.238. The highest BCUT2D eigenvalue weighted by atomic mass is 32.2. The molecule has 0 aliphatic carbocycles. The van der Waals surface area contributed by atoms with Gasteiger partial charge in [0.1, 0.15) is 5.76 Å². The van der Waals surface area contributed by atoms with E-state index in [2.05, 4.69) is 0 Å². The van der Waals surface area contributed by atoms with Crippen LogP contribution in [0.5, 0.6) is 0 Å². The van der Waals surface area contributed by atoms with E-state index >= 15 is 0 Å². The third-order valence-corrected chi connectivity index (χ3v) is 2.54. The molecule has 1 N–H and O–H groups in total. The Morgan fingerprint density at radius 1 is 1.67 bits per heavy atom. The third kappa shape index (κ3) is 2.91. The molecule has 0 amide bonds. The van der Waals surface area contributed by atoms with Crippen molar-refractivity contribution in [2.75, 3.05) is 18.6 Å². The molecular weight excluding hydrogens is 172 g/mol. The summed E-state index contributed by atoms with van der Waals surface area (Å²) in [6.45, 7) is 0.238. The van der Waals surface area contributed by atoms with E-state index in [1.807, 2.05) is 18.4 Å². The van der Waals surface area contributed by atoms with E-state index in [9.17, 15) is 0 Å². The van der Waals surface area contributed by atoms with Gasteiger partial charge in [-0.05, 0) is 30.1 Å². The summed E-state index contributed by atoms with van der Waals surface area (Å²) in [5, 5.41) is 9.00. The van der Waals surface area contributed by atoms with Gasteiger partial charge >= 0.3 is 0 Å². The Hall–Kier alpha value is -0.410. The fourth-order valence-electron chi connectivity index (χ4n) is 1.13. The van der Waals surface area contributed by atoms with E-state index in [-0.39, 0.29) is 6.61 Å². The highest BCUT2D eigenvalue weighted by Gasteiger charge is 2.08. The lowest BCUT2D eigenvalue weighted by Gasteiger charge is -2.09. The molecule has 12 heavy (non-hydrogen) atoms. The first kappa shape index (κ1) is 9.68. The smallest absolute Gasteiger partial charge is 0.104 e. The van der Waals surface area contributed by atoms with Crippen molar-refractivity contribution in [2.24, 2.45) is 5.92 Å². The molecule has 1 rings (SSSR count). The molecule has 3 heteroatoms. The second-order valence-electron chi connectivity index (χ2n) is 2.79. The number of aliphatic hydroxyl groups is 1. The molecule has 0 saturated heterocycles. The second-order valence-corrected chi connectivity index (χ2v) is 3.70. The summed E-state index contributed by atoms with van der Waals surface area (Å²) < 4.78 is 5.19. The van der Waals surface area contributed by atoms with Crippen molar-refractivity contribution in [1.29, 1.82) is 0 Å². The van der Waals surface area contributed by atoms with Crippen molar-refractivity contribution >= 4 is 11.8 Å². The third-order valence-electron chi connectivity index (χ3n) is 1.73. The second kappa shape index (κ2) is 5.27.